The highest BCUT2D eigenvalue weighted by Crippen LogP contribution is 2.35. The van der Waals surface area contributed by atoms with Crippen molar-refractivity contribution in [2.24, 2.45) is 0 Å². The number of carbonyl (C=O) groups is 1. The average molecular weight is 371 g/mol. The molecule has 0 aliphatic carbocycles. The molecule has 110 valence electrons. The minimum Gasteiger partial charge on any atom is -0.334 e. The summed E-state index contributed by atoms with van der Waals surface area (Å²) in [6, 6.07) is 3.39. The van der Waals surface area contributed by atoms with E-state index in [2.05, 4.69) is 15.9 Å². The standard InChI is InChI=1S/C13H12BrClF3NO/c14-8-3-4-10(11(6-8)13(16,17)18)12(20)19-5-1-2-9(19)7-15/h3-4,6,9H,1-2,5,7H2. The molecule has 0 aromatic heterocycles. The monoisotopic (exact) mass is 369 g/mol. The highest BCUT2D eigenvalue weighted by atomic mass is 79.9. The van der Waals surface area contributed by atoms with Crippen molar-refractivity contribution >= 4 is 33.4 Å². The van der Waals surface area contributed by atoms with Gasteiger partial charge in [-0.15, -0.1) is 11.6 Å². The summed E-state index contributed by atoms with van der Waals surface area (Å²) in [7, 11) is 0. The third kappa shape index (κ3) is 3.11. The molecule has 1 heterocycles. The lowest BCUT2D eigenvalue weighted by molar-refractivity contribution is -0.138. The Labute approximate surface area is 128 Å². The molecule has 1 amide bonds. The fourth-order valence-electron chi connectivity index (χ4n) is 2.36. The number of benzene rings is 1. The number of rotatable bonds is 2. The van der Waals surface area contributed by atoms with Crippen molar-refractivity contribution in [3.63, 3.8) is 0 Å². The normalized spacial score (nSPS) is 19.4. The number of likely N-dealkylation sites (tertiary alicyclic amines) is 1. The maximum atomic E-state index is 13.0. The molecule has 1 fully saturated rings. The van der Waals surface area contributed by atoms with Gasteiger partial charge in [0, 0.05) is 22.9 Å². The van der Waals surface area contributed by atoms with Crippen molar-refractivity contribution < 1.29 is 18.0 Å². The molecular formula is C13H12BrClF3NO. The van der Waals surface area contributed by atoms with Crippen LogP contribution in [0, 0.1) is 0 Å². The van der Waals surface area contributed by atoms with Crippen LogP contribution in [0.5, 0.6) is 0 Å². The molecule has 0 radical (unpaired) electrons. The van der Waals surface area contributed by atoms with Gasteiger partial charge in [0.05, 0.1) is 11.1 Å². The lowest BCUT2D eigenvalue weighted by Crippen LogP contribution is -2.37. The van der Waals surface area contributed by atoms with E-state index in [4.69, 9.17) is 11.6 Å². The van der Waals surface area contributed by atoms with E-state index in [0.29, 0.717) is 6.54 Å². The molecule has 1 aromatic rings. The van der Waals surface area contributed by atoms with Gasteiger partial charge in [-0.3, -0.25) is 4.79 Å². The Kier molecular flexibility index (Phi) is 4.64. The third-order valence-electron chi connectivity index (χ3n) is 3.33. The van der Waals surface area contributed by atoms with Gasteiger partial charge in [0.2, 0.25) is 0 Å². The Morgan fingerprint density at radius 2 is 2.15 bits per heavy atom. The Morgan fingerprint density at radius 3 is 2.75 bits per heavy atom. The second-order valence-corrected chi connectivity index (χ2v) is 5.86. The summed E-state index contributed by atoms with van der Waals surface area (Å²) in [5.41, 5.74) is -1.24. The first kappa shape index (κ1) is 15.6. The van der Waals surface area contributed by atoms with Crippen molar-refractivity contribution in [3.8, 4) is 0 Å². The van der Waals surface area contributed by atoms with Crippen LogP contribution in [0.3, 0.4) is 0 Å². The van der Waals surface area contributed by atoms with Gasteiger partial charge < -0.3 is 4.90 Å². The van der Waals surface area contributed by atoms with Crippen LogP contribution >= 0.6 is 27.5 Å². The van der Waals surface area contributed by atoms with Gasteiger partial charge >= 0.3 is 6.18 Å². The van der Waals surface area contributed by atoms with Crippen molar-refractivity contribution in [2.75, 3.05) is 12.4 Å². The molecule has 7 heteroatoms. The fraction of sp³-hybridized carbons (Fsp3) is 0.462. The predicted molar refractivity (Wildman–Crippen MR) is 73.9 cm³/mol. The van der Waals surface area contributed by atoms with Gasteiger partial charge in [0.25, 0.3) is 5.91 Å². The molecule has 1 atom stereocenters. The Morgan fingerprint density at radius 1 is 1.45 bits per heavy atom. The summed E-state index contributed by atoms with van der Waals surface area (Å²) >= 11 is 8.77. The first-order chi connectivity index (χ1) is 9.34. The van der Waals surface area contributed by atoms with Crippen LogP contribution in [0.15, 0.2) is 22.7 Å². The smallest absolute Gasteiger partial charge is 0.334 e. The minimum atomic E-state index is -4.56. The van der Waals surface area contributed by atoms with E-state index in [0.717, 1.165) is 18.9 Å². The zero-order chi connectivity index (χ0) is 14.9. The van der Waals surface area contributed by atoms with Gasteiger partial charge in [0.15, 0.2) is 0 Å². The number of hydrogen-bond donors (Lipinski definition) is 0. The SMILES string of the molecule is O=C(c1ccc(Br)cc1C(F)(F)F)N1CCCC1CCl. The van der Waals surface area contributed by atoms with Crippen LogP contribution in [-0.2, 0) is 6.18 Å². The number of nitrogens with zero attached hydrogens (tertiary/aromatic N) is 1. The van der Waals surface area contributed by atoms with E-state index >= 15 is 0 Å². The topological polar surface area (TPSA) is 20.3 Å². The van der Waals surface area contributed by atoms with E-state index in [9.17, 15) is 18.0 Å². The summed E-state index contributed by atoms with van der Waals surface area (Å²) in [5, 5.41) is 0. The van der Waals surface area contributed by atoms with Crippen molar-refractivity contribution in [1.29, 1.82) is 0 Å². The van der Waals surface area contributed by atoms with Crippen LogP contribution in [0.4, 0.5) is 13.2 Å². The molecule has 20 heavy (non-hydrogen) atoms. The van der Waals surface area contributed by atoms with E-state index in [-0.39, 0.29) is 22.0 Å². The number of carbonyl (C=O) groups excluding carboxylic acids is 1. The third-order valence-corrected chi connectivity index (χ3v) is 4.18. The molecule has 0 spiro atoms. The second-order valence-electron chi connectivity index (χ2n) is 4.64. The van der Waals surface area contributed by atoms with Crippen molar-refractivity contribution in [2.45, 2.75) is 25.1 Å². The average Bonchev–Trinajstić information content (AvgIpc) is 2.85. The van der Waals surface area contributed by atoms with Gasteiger partial charge in [-0.25, -0.2) is 0 Å². The van der Waals surface area contributed by atoms with E-state index in [1.165, 1.54) is 17.0 Å². The Hall–Kier alpha value is -0.750. The summed E-state index contributed by atoms with van der Waals surface area (Å²) in [5.74, 6) is -0.364. The van der Waals surface area contributed by atoms with Gasteiger partial charge in [0.1, 0.15) is 0 Å². The lowest BCUT2D eigenvalue weighted by Gasteiger charge is -2.24. The number of halogens is 5. The lowest BCUT2D eigenvalue weighted by atomic mass is 10.1. The maximum absolute atomic E-state index is 13.0. The predicted octanol–water partition coefficient (Wildman–Crippen LogP) is 4.31. The Balaban J connectivity index is 2.39. The van der Waals surface area contributed by atoms with Crippen LogP contribution in [0.2, 0.25) is 0 Å². The summed E-state index contributed by atoms with van der Waals surface area (Å²) < 4.78 is 39.4. The number of alkyl halides is 4. The summed E-state index contributed by atoms with van der Waals surface area (Å²) in [4.78, 5) is 13.8. The second kappa shape index (κ2) is 5.93. The zero-order valence-corrected chi connectivity index (χ0v) is 12.7. The first-order valence-corrected chi connectivity index (χ1v) is 7.41. The molecule has 2 rings (SSSR count). The molecule has 1 unspecified atom stereocenters. The van der Waals surface area contributed by atoms with Gasteiger partial charge in [-0.05, 0) is 31.0 Å². The van der Waals surface area contributed by atoms with Crippen molar-refractivity contribution in [3.05, 3.63) is 33.8 Å². The molecule has 0 bridgehead atoms. The molecule has 1 aliphatic rings. The fourth-order valence-corrected chi connectivity index (χ4v) is 3.04. The zero-order valence-electron chi connectivity index (χ0n) is 10.4. The number of hydrogen-bond acceptors (Lipinski definition) is 1. The first-order valence-electron chi connectivity index (χ1n) is 6.08. The highest BCUT2D eigenvalue weighted by molar-refractivity contribution is 9.10. The molecule has 1 aromatic carbocycles. The molecule has 1 saturated heterocycles. The molecule has 0 saturated carbocycles. The van der Waals surface area contributed by atoms with E-state index in [1.807, 2.05) is 0 Å². The molecule has 0 N–H and O–H groups in total. The number of amides is 1. The maximum Gasteiger partial charge on any atom is 0.417 e. The molecule has 1 aliphatic heterocycles. The summed E-state index contributed by atoms with van der Waals surface area (Å²) in [6.45, 7) is 0.448. The van der Waals surface area contributed by atoms with Crippen LogP contribution in [0.1, 0.15) is 28.8 Å². The van der Waals surface area contributed by atoms with Crippen LogP contribution in [0.25, 0.3) is 0 Å². The van der Waals surface area contributed by atoms with E-state index in [1.54, 1.807) is 0 Å². The summed E-state index contributed by atoms with van der Waals surface area (Å²) in [6.07, 6.45) is -3.07. The minimum absolute atomic E-state index is 0.186. The highest BCUT2D eigenvalue weighted by Gasteiger charge is 2.38. The van der Waals surface area contributed by atoms with Gasteiger partial charge in [-0.2, -0.15) is 13.2 Å². The largest absolute Gasteiger partial charge is 0.417 e. The molecule has 2 nitrogen and oxygen atoms in total. The molecular weight excluding hydrogens is 358 g/mol. The van der Waals surface area contributed by atoms with Crippen LogP contribution < -0.4 is 0 Å². The van der Waals surface area contributed by atoms with E-state index < -0.39 is 17.6 Å². The van der Waals surface area contributed by atoms with Crippen LogP contribution in [-0.4, -0.2) is 29.3 Å². The quantitative estimate of drug-likeness (QED) is 0.710. The Bertz CT molecular complexity index is 521. The van der Waals surface area contributed by atoms with Crippen molar-refractivity contribution in [1.82, 2.24) is 4.90 Å². The van der Waals surface area contributed by atoms with Gasteiger partial charge in [-0.1, -0.05) is 15.9 Å².